The van der Waals surface area contributed by atoms with Gasteiger partial charge in [0.1, 0.15) is 11.9 Å². The molecule has 1 aromatic heterocycles. The zero-order valence-electron chi connectivity index (χ0n) is 8.87. The molecule has 1 aromatic carbocycles. The van der Waals surface area contributed by atoms with Crippen molar-refractivity contribution in [2.24, 2.45) is 0 Å². The Bertz CT molecular complexity index is 394. The highest BCUT2D eigenvalue weighted by Crippen LogP contribution is 2.18. The minimum Gasteiger partial charge on any atom is -0.466 e. The van der Waals surface area contributed by atoms with E-state index in [1.807, 2.05) is 30.3 Å². The molecule has 0 saturated heterocycles. The van der Waals surface area contributed by atoms with E-state index in [1.54, 1.807) is 18.4 Å². The van der Waals surface area contributed by atoms with Gasteiger partial charge in [-0.1, -0.05) is 30.3 Å². The quantitative estimate of drug-likeness (QED) is 0.838. The van der Waals surface area contributed by atoms with Crippen LogP contribution in [0, 0.1) is 0 Å². The zero-order valence-corrected chi connectivity index (χ0v) is 8.87. The maximum Gasteiger partial charge on any atom is 0.138 e. The zero-order chi connectivity index (χ0) is 11.2. The van der Waals surface area contributed by atoms with E-state index in [0.717, 1.165) is 5.56 Å². The van der Waals surface area contributed by atoms with Gasteiger partial charge in [0.2, 0.25) is 0 Å². The lowest BCUT2D eigenvalue weighted by molar-refractivity contribution is -0.0112. The molecule has 1 atom stereocenters. The number of hydrogen-bond donors (Lipinski definition) is 1. The summed E-state index contributed by atoms with van der Waals surface area (Å²) in [6.07, 6.45) is 1.18. The summed E-state index contributed by atoms with van der Waals surface area (Å²) in [6, 6.07) is 13.4. The van der Waals surface area contributed by atoms with E-state index in [0.29, 0.717) is 12.4 Å². The topological polar surface area (TPSA) is 42.6 Å². The van der Waals surface area contributed by atoms with Gasteiger partial charge in [0.15, 0.2) is 0 Å². The lowest BCUT2D eigenvalue weighted by Crippen LogP contribution is -2.08. The molecule has 3 heteroatoms. The van der Waals surface area contributed by atoms with E-state index in [4.69, 9.17) is 9.15 Å². The Labute approximate surface area is 94.3 Å². The third-order valence-electron chi connectivity index (χ3n) is 2.32. The summed E-state index contributed by atoms with van der Waals surface area (Å²) in [5.41, 5.74) is 1.08. The van der Waals surface area contributed by atoms with Gasteiger partial charge in [-0.2, -0.15) is 0 Å². The first-order valence-electron chi connectivity index (χ1n) is 5.20. The van der Waals surface area contributed by atoms with E-state index in [2.05, 4.69) is 0 Å². The maximum absolute atomic E-state index is 9.19. The van der Waals surface area contributed by atoms with Crippen molar-refractivity contribution in [2.45, 2.75) is 12.7 Å². The summed E-state index contributed by atoms with van der Waals surface area (Å²) >= 11 is 0. The minimum atomic E-state index is -0.393. The van der Waals surface area contributed by atoms with Gasteiger partial charge in [0, 0.05) is 0 Å². The van der Waals surface area contributed by atoms with Gasteiger partial charge in [-0.3, -0.25) is 0 Å². The standard InChI is InChI=1S/C13H14O3/c14-9-13(12-7-4-8-15-12)16-10-11-5-2-1-3-6-11/h1-8,13-14H,9-10H2. The van der Waals surface area contributed by atoms with Crippen LogP contribution >= 0.6 is 0 Å². The van der Waals surface area contributed by atoms with Crippen LogP contribution in [0.5, 0.6) is 0 Å². The van der Waals surface area contributed by atoms with E-state index >= 15 is 0 Å². The fraction of sp³-hybridized carbons (Fsp3) is 0.231. The number of aliphatic hydroxyl groups is 1. The van der Waals surface area contributed by atoms with Crippen molar-refractivity contribution in [3.8, 4) is 0 Å². The van der Waals surface area contributed by atoms with E-state index in [9.17, 15) is 5.11 Å². The van der Waals surface area contributed by atoms with Gasteiger partial charge in [0.05, 0.1) is 19.5 Å². The fourth-order valence-corrected chi connectivity index (χ4v) is 1.47. The van der Waals surface area contributed by atoms with Crippen molar-refractivity contribution in [3.05, 3.63) is 60.1 Å². The van der Waals surface area contributed by atoms with E-state index < -0.39 is 6.10 Å². The van der Waals surface area contributed by atoms with Crippen LogP contribution in [0.1, 0.15) is 17.4 Å². The van der Waals surface area contributed by atoms with Crippen LogP contribution in [0.4, 0.5) is 0 Å². The Morgan fingerprint density at radius 1 is 1.12 bits per heavy atom. The number of rotatable bonds is 5. The van der Waals surface area contributed by atoms with E-state index in [1.165, 1.54) is 0 Å². The number of benzene rings is 1. The summed E-state index contributed by atoms with van der Waals surface area (Å²) in [7, 11) is 0. The highest BCUT2D eigenvalue weighted by atomic mass is 16.5. The molecule has 84 valence electrons. The Morgan fingerprint density at radius 3 is 2.56 bits per heavy atom. The Balaban J connectivity index is 1.94. The number of ether oxygens (including phenoxy) is 1. The van der Waals surface area contributed by atoms with Gasteiger partial charge in [-0.25, -0.2) is 0 Å². The number of furan rings is 1. The molecule has 0 aliphatic heterocycles. The van der Waals surface area contributed by atoms with Crippen LogP contribution in [0.25, 0.3) is 0 Å². The second-order valence-electron chi connectivity index (χ2n) is 3.48. The molecule has 16 heavy (non-hydrogen) atoms. The fourth-order valence-electron chi connectivity index (χ4n) is 1.47. The third-order valence-corrected chi connectivity index (χ3v) is 2.32. The van der Waals surface area contributed by atoms with Crippen LogP contribution in [-0.4, -0.2) is 11.7 Å². The first kappa shape index (κ1) is 10.9. The first-order chi connectivity index (χ1) is 7.90. The van der Waals surface area contributed by atoms with Gasteiger partial charge in [-0.15, -0.1) is 0 Å². The van der Waals surface area contributed by atoms with Crippen LogP contribution in [0.3, 0.4) is 0 Å². The molecule has 0 saturated carbocycles. The monoisotopic (exact) mass is 218 g/mol. The normalized spacial score (nSPS) is 12.6. The summed E-state index contributed by atoms with van der Waals surface area (Å²) in [5, 5.41) is 9.19. The van der Waals surface area contributed by atoms with Crippen LogP contribution < -0.4 is 0 Å². The van der Waals surface area contributed by atoms with Crippen molar-refractivity contribution in [1.29, 1.82) is 0 Å². The predicted molar refractivity (Wildman–Crippen MR) is 59.8 cm³/mol. The van der Waals surface area contributed by atoms with Crippen LogP contribution in [-0.2, 0) is 11.3 Å². The summed E-state index contributed by atoms with van der Waals surface area (Å²) in [6.45, 7) is 0.382. The molecule has 0 radical (unpaired) electrons. The highest BCUT2D eigenvalue weighted by Gasteiger charge is 2.13. The molecule has 0 amide bonds. The smallest absolute Gasteiger partial charge is 0.138 e. The Hall–Kier alpha value is -1.58. The molecule has 2 aromatic rings. The Morgan fingerprint density at radius 2 is 1.94 bits per heavy atom. The van der Waals surface area contributed by atoms with E-state index in [-0.39, 0.29) is 6.61 Å². The summed E-state index contributed by atoms with van der Waals surface area (Å²) in [5.74, 6) is 0.651. The molecule has 2 rings (SSSR count). The maximum atomic E-state index is 9.19. The van der Waals surface area contributed by atoms with Crippen molar-refractivity contribution < 1.29 is 14.3 Å². The second-order valence-corrected chi connectivity index (χ2v) is 3.48. The first-order valence-corrected chi connectivity index (χ1v) is 5.20. The lowest BCUT2D eigenvalue weighted by Gasteiger charge is -2.12. The van der Waals surface area contributed by atoms with Gasteiger partial charge in [-0.05, 0) is 17.7 Å². The predicted octanol–water partition coefficient (Wildman–Crippen LogP) is 2.53. The van der Waals surface area contributed by atoms with Crippen molar-refractivity contribution in [1.82, 2.24) is 0 Å². The highest BCUT2D eigenvalue weighted by molar-refractivity contribution is 5.13. The van der Waals surface area contributed by atoms with Crippen molar-refractivity contribution in [2.75, 3.05) is 6.61 Å². The Kier molecular flexibility index (Phi) is 3.75. The van der Waals surface area contributed by atoms with Crippen LogP contribution in [0.15, 0.2) is 53.1 Å². The average molecular weight is 218 g/mol. The minimum absolute atomic E-state index is 0.0830. The molecule has 3 nitrogen and oxygen atoms in total. The second kappa shape index (κ2) is 5.49. The lowest BCUT2D eigenvalue weighted by atomic mass is 10.2. The number of aliphatic hydroxyl groups excluding tert-OH is 1. The average Bonchev–Trinajstić information content (AvgIpc) is 2.85. The van der Waals surface area contributed by atoms with Crippen LogP contribution in [0.2, 0.25) is 0 Å². The van der Waals surface area contributed by atoms with Crippen molar-refractivity contribution >= 4 is 0 Å². The molecule has 0 aliphatic carbocycles. The molecular formula is C13H14O3. The largest absolute Gasteiger partial charge is 0.466 e. The molecule has 0 aliphatic rings. The summed E-state index contributed by atoms with van der Waals surface area (Å²) in [4.78, 5) is 0. The molecular weight excluding hydrogens is 204 g/mol. The van der Waals surface area contributed by atoms with Crippen molar-refractivity contribution in [3.63, 3.8) is 0 Å². The number of hydrogen-bond acceptors (Lipinski definition) is 3. The molecule has 0 fully saturated rings. The molecule has 1 heterocycles. The van der Waals surface area contributed by atoms with Gasteiger partial charge in [0.25, 0.3) is 0 Å². The molecule has 1 N–H and O–H groups in total. The SMILES string of the molecule is OCC(OCc1ccccc1)c1ccco1. The molecule has 0 bridgehead atoms. The molecule has 0 spiro atoms. The summed E-state index contributed by atoms with van der Waals surface area (Å²) < 4.78 is 10.8. The van der Waals surface area contributed by atoms with Gasteiger partial charge < -0.3 is 14.3 Å². The van der Waals surface area contributed by atoms with Gasteiger partial charge >= 0.3 is 0 Å². The molecule has 1 unspecified atom stereocenters. The third kappa shape index (κ3) is 2.72.